The fourth-order valence-electron chi connectivity index (χ4n) is 3.14. The van der Waals surface area contributed by atoms with Crippen molar-refractivity contribution in [2.24, 2.45) is 0 Å². The highest BCUT2D eigenvalue weighted by Gasteiger charge is 2.16. The van der Waals surface area contributed by atoms with Gasteiger partial charge in [0, 0.05) is 39.3 Å². The number of H-pyrrole nitrogens is 2. The second kappa shape index (κ2) is 6.73. The minimum Gasteiger partial charge on any atom is -0.360 e. The summed E-state index contributed by atoms with van der Waals surface area (Å²) in [5.41, 5.74) is 5.51. The zero-order valence-corrected chi connectivity index (χ0v) is 15.3. The van der Waals surface area contributed by atoms with Gasteiger partial charge < -0.3 is 9.97 Å². The van der Waals surface area contributed by atoms with E-state index in [1.54, 1.807) is 0 Å². The van der Waals surface area contributed by atoms with Gasteiger partial charge in [0.1, 0.15) is 5.82 Å². The number of rotatable bonds is 4. The van der Waals surface area contributed by atoms with Crippen molar-refractivity contribution in [3.63, 3.8) is 0 Å². The highest BCUT2D eigenvalue weighted by molar-refractivity contribution is 9.10. The Kier molecular flexibility index (Phi) is 4.28. The lowest BCUT2D eigenvalue weighted by molar-refractivity contribution is 1.14. The fourth-order valence-corrected chi connectivity index (χ4v) is 3.50. The third-order valence-electron chi connectivity index (χ3n) is 4.32. The molecule has 1 aliphatic carbocycles. The lowest BCUT2D eigenvalue weighted by atomic mass is 10.1. The van der Waals surface area contributed by atoms with Crippen molar-refractivity contribution in [2.45, 2.75) is 12.8 Å². The summed E-state index contributed by atoms with van der Waals surface area (Å²) >= 11 is 3.56. The summed E-state index contributed by atoms with van der Waals surface area (Å²) in [6.07, 6.45) is 16.0. The van der Waals surface area contributed by atoms with Crippen LogP contribution in [-0.2, 0) is 6.42 Å². The standard InChI is InChI=1S/C21H18BrN3/c1-2-7-19-20(14-8-5-3-4-6-9-14)25-21(24-19)17-13-23-18-11-10-15(22)12-16(17)18/h2-6,8,10-13,23H,1,7,9H2,(H,24,25). The smallest absolute Gasteiger partial charge is 0.140 e. The van der Waals surface area contributed by atoms with Crippen molar-refractivity contribution in [1.82, 2.24) is 15.0 Å². The molecule has 2 aromatic heterocycles. The van der Waals surface area contributed by atoms with Gasteiger partial charge in [0.15, 0.2) is 0 Å². The molecule has 25 heavy (non-hydrogen) atoms. The molecule has 0 aliphatic heterocycles. The van der Waals surface area contributed by atoms with Crippen molar-refractivity contribution in [3.8, 4) is 11.4 Å². The van der Waals surface area contributed by atoms with Crippen LogP contribution in [0.25, 0.3) is 27.9 Å². The predicted molar refractivity (Wildman–Crippen MR) is 108 cm³/mol. The normalized spacial score (nSPS) is 13.9. The number of hydrogen-bond donors (Lipinski definition) is 2. The van der Waals surface area contributed by atoms with Gasteiger partial charge in [-0.1, -0.05) is 52.4 Å². The highest BCUT2D eigenvalue weighted by atomic mass is 79.9. The van der Waals surface area contributed by atoms with Crippen LogP contribution in [0.1, 0.15) is 17.8 Å². The molecule has 0 radical (unpaired) electrons. The van der Waals surface area contributed by atoms with Crippen LogP contribution in [0.2, 0.25) is 0 Å². The quantitative estimate of drug-likeness (QED) is 0.530. The molecule has 1 aliphatic rings. The first kappa shape index (κ1) is 15.9. The lowest BCUT2D eigenvalue weighted by Gasteiger charge is -2.02. The number of nitrogens with one attached hydrogen (secondary N) is 2. The third kappa shape index (κ3) is 3.05. The van der Waals surface area contributed by atoms with Crippen LogP contribution < -0.4 is 0 Å². The molecule has 0 bridgehead atoms. The average Bonchev–Trinajstić information content (AvgIpc) is 3.10. The number of allylic oxidation sites excluding steroid dienone is 7. The van der Waals surface area contributed by atoms with Gasteiger partial charge in [-0.25, -0.2) is 4.98 Å². The van der Waals surface area contributed by atoms with E-state index in [1.165, 1.54) is 5.57 Å². The summed E-state index contributed by atoms with van der Waals surface area (Å²) in [7, 11) is 0. The number of aromatic amines is 2. The van der Waals surface area contributed by atoms with E-state index in [4.69, 9.17) is 4.98 Å². The van der Waals surface area contributed by atoms with E-state index in [0.717, 1.165) is 51.0 Å². The fraction of sp³-hybridized carbons (Fsp3) is 0.0952. The average molecular weight is 392 g/mol. The van der Waals surface area contributed by atoms with Crippen LogP contribution in [-0.4, -0.2) is 15.0 Å². The molecule has 3 aromatic rings. The minimum atomic E-state index is 0.763. The molecule has 0 saturated heterocycles. The van der Waals surface area contributed by atoms with Crippen LogP contribution in [0.5, 0.6) is 0 Å². The molecular weight excluding hydrogens is 374 g/mol. The Hall–Kier alpha value is -2.59. The Bertz CT molecular complexity index is 1030. The number of fused-ring (bicyclic) bond motifs is 1. The largest absolute Gasteiger partial charge is 0.360 e. The topological polar surface area (TPSA) is 44.5 Å². The lowest BCUT2D eigenvalue weighted by Crippen LogP contribution is -1.91. The molecule has 2 heterocycles. The monoisotopic (exact) mass is 391 g/mol. The van der Waals surface area contributed by atoms with E-state index in [-0.39, 0.29) is 0 Å². The molecular formula is C21H18BrN3. The van der Waals surface area contributed by atoms with E-state index in [1.807, 2.05) is 24.4 Å². The number of imidazole rings is 1. The van der Waals surface area contributed by atoms with Crippen LogP contribution >= 0.6 is 15.9 Å². The van der Waals surface area contributed by atoms with Crippen molar-refractivity contribution in [1.29, 1.82) is 0 Å². The van der Waals surface area contributed by atoms with Crippen molar-refractivity contribution >= 4 is 32.4 Å². The number of nitrogens with zero attached hydrogens (tertiary/aromatic N) is 1. The van der Waals surface area contributed by atoms with E-state index in [9.17, 15) is 0 Å². The van der Waals surface area contributed by atoms with Crippen LogP contribution in [0.4, 0.5) is 0 Å². The second-order valence-electron chi connectivity index (χ2n) is 6.01. The zero-order chi connectivity index (χ0) is 17.2. The van der Waals surface area contributed by atoms with Gasteiger partial charge in [-0.05, 0) is 30.2 Å². The Morgan fingerprint density at radius 1 is 1.24 bits per heavy atom. The minimum absolute atomic E-state index is 0.763. The summed E-state index contributed by atoms with van der Waals surface area (Å²) in [4.78, 5) is 11.8. The maximum atomic E-state index is 4.94. The van der Waals surface area contributed by atoms with Gasteiger partial charge in [-0.3, -0.25) is 0 Å². The molecule has 4 rings (SSSR count). The molecule has 0 fully saturated rings. The zero-order valence-electron chi connectivity index (χ0n) is 13.7. The van der Waals surface area contributed by atoms with Crippen LogP contribution in [0.15, 0.2) is 71.9 Å². The first-order valence-corrected chi connectivity index (χ1v) is 9.05. The summed E-state index contributed by atoms with van der Waals surface area (Å²) < 4.78 is 1.06. The molecule has 1 aromatic carbocycles. The van der Waals surface area contributed by atoms with E-state index < -0.39 is 0 Å². The van der Waals surface area contributed by atoms with Gasteiger partial charge >= 0.3 is 0 Å². The molecule has 3 nitrogen and oxygen atoms in total. The van der Waals surface area contributed by atoms with Gasteiger partial charge in [0.2, 0.25) is 0 Å². The second-order valence-corrected chi connectivity index (χ2v) is 6.92. The Labute approximate surface area is 155 Å². The van der Waals surface area contributed by atoms with Crippen LogP contribution in [0.3, 0.4) is 0 Å². The predicted octanol–water partition coefficient (Wildman–Crippen LogP) is 5.95. The van der Waals surface area contributed by atoms with Gasteiger partial charge in [-0.15, -0.1) is 6.58 Å². The summed E-state index contributed by atoms with van der Waals surface area (Å²) in [5, 5.41) is 1.15. The molecule has 4 heteroatoms. The number of benzene rings is 1. The summed E-state index contributed by atoms with van der Waals surface area (Å²) in [6, 6.07) is 6.22. The summed E-state index contributed by atoms with van der Waals surface area (Å²) in [6.45, 7) is 3.89. The van der Waals surface area contributed by atoms with Crippen LogP contribution in [0, 0.1) is 0 Å². The SMILES string of the molecule is C=CCc1[nH]c(-c2c[nH]c3ccc(Br)cc23)nc1C1=CC=CC=CC1. The molecule has 0 spiro atoms. The van der Waals surface area contributed by atoms with Gasteiger partial charge in [-0.2, -0.15) is 0 Å². The van der Waals surface area contributed by atoms with E-state index >= 15 is 0 Å². The van der Waals surface area contributed by atoms with Crippen molar-refractivity contribution in [2.75, 3.05) is 0 Å². The maximum absolute atomic E-state index is 4.94. The molecule has 2 N–H and O–H groups in total. The van der Waals surface area contributed by atoms with Gasteiger partial charge in [0.25, 0.3) is 0 Å². The molecule has 0 atom stereocenters. The molecule has 124 valence electrons. The third-order valence-corrected chi connectivity index (χ3v) is 4.82. The number of aromatic nitrogens is 3. The highest BCUT2D eigenvalue weighted by Crippen LogP contribution is 2.32. The Morgan fingerprint density at radius 3 is 3.04 bits per heavy atom. The first-order valence-electron chi connectivity index (χ1n) is 8.26. The number of hydrogen-bond acceptors (Lipinski definition) is 1. The Morgan fingerprint density at radius 2 is 2.16 bits per heavy atom. The van der Waals surface area contributed by atoms with Gasteiger partial charge in [0.05, 0.1) is 5.69 Å². The molecule has 0 amide bonds. The Balaban J connectivity index is 1.85. The maximum Gasteiger partial charge on any atom is 0.140 e. The molecule has 0 unspecified atom stereocenters. The van der Waals surface area contributed by atoms with Crippen molar-refractivity contribution in [3.05, 3.63) is 83.3 Å². The van der Waals surface area contributed by atoms with E-state index in [2.05, 4.69) is 68.9 Å². The van der Waals surface area contributed by atoms with E-state index in [0.29, 0.717) is 0 Å². The van der Waals surface area contributed by atoms with Crippen molar-refractivity contribution < 1.29 is 0 Å². The molecule has 0 saturated carbocycles. The first-order chi connectivity index (χ1) is 12.3. The number of halogens is 1. The summed E-state index contributed by atoms with van der Waals surface area (Å²) in [5.74, 6) is 0.884.